The van der Waals surface area contributed by atoms with Crippen LogP contribution in [0.15, 0.2) is 18.2 Å². The Balaban J connectivity index is 2.66. The molecule has 1 rings (SSSR count). The third-order valence-electron chi connectivity index (χ3n) is 3.01. The van der Waals surface area contributed by atoms with Gasteiger partial charge in [0.2, 0.25) is 0 Å². The van der Waals surface area contributed by atoms with Gasteiger partial charge in [-0.15, -0.1) is 0 Å². The fourth-order valence-electron chi connectivity index (χ4n) is 1.92. The molecule has 0 aromatic heterocycles. The van der Waals surface area contributed by atoms with Crippen LogP contribution in [0.25, 0.3) is 0 Å². The van der Waals surface area contributed by atoms with Crippen molar-refractivity contribution in [2.45, 2.75) is 25.6 Å². The molecule has 0 radical (unpaired) electrons. The van der Waals surface area contributed by atoms with Crippen LogP contribution in [0.4, 0.5) is 13.2 Å². The zero-order valence-electron chi connectivity index (χ0n) is 11.9. The lowest BCUT2D eigenvalue weighted by Crippen LogP contribution is -2.28. The molecule has 0 saturated heterocycles. The van der Waals surface area contributed by atoms with Crippen LogP contribution in [-0.2, 0) is 0 Å². The molecular formula is C14H20F3NO2. The van der Waals surface area contributed by atoms with Gasteiger partial charge in [0.15, 0.2) is 0 Å². The Morgan fingerprint density at radius 3 is 2.55 bits per heavy atom. The fourth-order valence-corrected chi connectivity index (χ4v) is 1.92. The highest BCUT2D eigenvalue weighted by atomic mass is 19.4. The molecule has 0 spiro atoms. The molecule has 6 heteroatoms. The number of nitrogens with zero attached hydrogens (tertiary/aromatic N) is 1. The second kappa shape index (κ2) is 6.95. The molecule has 1 N–H and O–H groups in total. The highest BCUT2D eigenvalue weighted by molar-refractivity contribution is 5.38. The molecule has 1 atom stereocenters. The standard InChI is InChI=1S/C14H20F3NO2/c1-10-4-5-13(20-3)11(8-10)12(19)9-18(2)7-6-14(15,16)17/h4-5,8,12,19H,6-7,9H2,1-3H3. The Morgan fingerprint density at radius 1 is 1.35 bits per heavy atom. The number of likely N-dealkylation sites (N-methyl/N-ethyl adjacent to an activating group) is 1. The van der Waals surface area contributed by atoms with Crippen molar-refractivity contribution in [2.75, 3.05) is 27.2 Å². The van der Waals surface area contributed by atoms with Gasteiger partial charge in [0.1, 0.15) is 5.75 Å². The molecule has 3 nitrogen and oxygen atoms in total. The van der Waals surface area contributed by atoms with Crippen molar-refractivity contribution in [2.24, 2.45) is 0 Å². The Hall–Kier alpha value is -1.27. The number of hydrogen-bond donors (Lipinski definition) is 1. The first kappa shape index (κ1) is 16.8. The molecule has 0 saturated carbocycles. The molecule has 0 aliphatic heterocycles. The largest absolute Gasteiger partial charge is 0.496 e. The number of benzene rings is 1. The van der Waals surface area contributed by atoms with E-state index in [1.54, 1.807) is 19.2 Å². The maximum atomic E-state index is 12.1. The summed E-state index contributed by atoms with van der Waals surface area (Å²) in [4.78, 5) is 1.46. The summed E-state index contributed by atoms with van der Waals surface area (Å²) >= 11 is 0. The minimum Gasteiger partial charge on any atom is -0.496 e. The summed E-state index contributed by atoms with van der Waals surface area (Å²) in [6.45, 7) is 1.85. The van der Waals surface area contributed by atoms with Crippen molar-refractivity contribution < 1.29 is 23.0 Å². The summed E-state index contributed by atoms with van der Waals surface area (Å²) in [5.41, 5.74) is 1.55. The smallest absolute Gasteiger partial charge is 0.390 e. The lowest BCUT2D eigenvalue weighted by Gasteiger charge is -2.22. The van der Waals surface area contributed by atoms with Crippen LogP contribution in [0.3, 0.4) is 0 Å². The number of hydrogen-bond acceptors (Lipinski definition) is 3. The third-order valence-corrected chi connectivity index (χ3v) is 3.01. The topological polar surface area (TPSA) is 32.7 Å². The molecule has 1 aromatic carbocycles. The lowest BCUT2D eigenvalue weighted by molar-refractivity contribution is -0.137. The monoisotopic (exact) mass is 291 g/mol. The van der Waals surface area contributed by atoms with E-state index in [0.717, 1.165) is 5.56 Å². The SMILES string of the molecule is COc1ccc(C)cc1C(O)CN(C)CCC(F)(F)F. The van der Waals surface area contributed by atoms with Gasteiger partial charge >= 0.3 is 6.18 Å². The molecule has 114 valence electrons. The van der Waals surface area contributed by atoms with E-state index in [2.05, 4.69) is 0 Å². The van der Waals surface area contributed by atoms with Crippen molar-refractivity contribution in [3.63, 3.8) is 0 Å². The van der Waals surface area contributed by atoms with Gasteiger partial charge in [-0.05, 0) is 26.1 Å². The molecule has 1 aromatic rings. The average Bonchev–Trinajstić information content (AvgIpc) is 2.35. The minimum absolute atomic E-state index is 0.121. The van der Waals surface area contributed by atoms with Gasteiger partial charge in [0.05, 0.1) is 19.6 Å². The van der Waals surface area contributed by atoms with E-state index in [9.17, 15) is 18.3 Å². The Bertz CT molecular complexity index is 435. The summed E-state index contributed by atoms with van der Waals surface area (Å²) in [5, 5.41) is 10.2. The first-order valence-electron chi connectivity index (χ1n) is 6.31. The maximum Gasteiger partial charge on any atom is 0.390 e. The van der Waals surface area contributed by atoms with Crippen molar-refractivity contribution in [1.29, 1.82) is 0 Å². The minimum atomic E-state index is -4.18. The summed E-state index contributed by atoms with van der Waals surface area (Å²) in [6.07, 6.45) is -5.95. The number of aliphatic hydroxyl groups is 1. The average molecular weight is 291 g/mol. The highest BCUT2D eigenvalue weighted by Crippen LogP contribution is 2.27. The normalized spacial score (nSPS) is 13.6. The van der Waals surface area contributed by atoms with Crippen molar-refractivity contribution in [3.05, 3.63) is 29.3 Å². The lowest BCUT2D eigenvalue weighted by atomic mass is 10.0. The summed E-state index contributed by atoms with van der Waals surface area (Å²) in [7, 11) is 3.05. The van der Waals surface area contributed by atoms with Gasteiger partial charge in [0, 0.05) is 18.7 Å². The Kier molecular flexibility index (Phi) is 5.83. The first-order chi connectivity index (χ1) is 9.23. The van der Waals surface area contributed by atoms with Crippen LogP contribution < -0.4 is 4.74 Å². The van der Waals surface area contributed by atoms with Crippen LogP contribution in [0, 0.1) is 6.92 Å². The highest BCUT2D eigenvalue weighted by Gasteiger charge is 2.27. The van der Waals surface area contributed by atoms with Gasteiger partial charge < -0.3 is 14.7 Å². The first-order valence-corrected chi connectivity index (χ1v) is 6.31. The Morgan fingerprint density at radius 2 is 2.00 bits per heavy atom. The van der Waals surface area contributed by atoms with E-state index >= 15 is 0 Å². The molecule has 20 heavy (non-hydrogen) atoms. The number of ether oxygens (including phenoxy) is 1. The third kappa shape index (κ3) is 5.38. The molecule has 1 unspecified atom stereocenters. The van der Waals surface area contributed by atoms with E-state index in [4.69, 9.17) is 4.74 Å². The van der Waals surface area contributed by atoms with Gasteiger partial charge in [0.25, 0.3) is 0 Å². The fraction of sp³-hybridized carbons (Fsp3) is 0.571. The van der Waals surface area contributed by atoms with Crippen LogP contribution >= 0.6 is 0 Å². The number of aryl methyl sites for hydroxylation is 1. The van der Waals surface area contributed by atoms with Crippen LogP contribution in [0.1, 0.15) is 23.7 Å². The van der Waals surface area contributed by atoms with E-state index < -0.39 is 18.7 Å². The molecule has 0 bridgehead atoms. The predicted molar refractivity (Wildman–Crippen MR) is 70.9 cm³/mol. The van der Waals surface area contributed by atoms with Crippen molar-refractivity contribution in [3.8, 4) is 5.75 Å². The summed E-state index contributed by atoms with van der Waals surface area (Å²) < 4.78 is 41.6. The quantitative estimate of drug-likeness (QED) is 0.874. The van der Waals surface area contributed by atoms with E-state index in [-0.39, 0.29) is 13.1 Å². The number of aliphatic hydroxyl groups excluding tert-OH is 1. The molecule has 0 amide bonds. The molecular weight excluding hydrogens is 271 g/mol. The zero-order valence-corrected chi connectivity index (χ0v) is 11.9. The van der Waals surface area contributed by atoms with Gasteiger partial charge in [-0.1, -0.05) is 11.6 Å². The summed E-state index contributed by atoms with van der Waals surface area (Å²) in [5.74, 6) is 0.535. The van der Waals surface area contributed by atoms with Crippen LogP contribution in [0.2, 0.25) is 0 Å². The summed E-state index contributed by atoms with van der Waals surface area (Å²) in [6, 6.07) is 5.37. The molecule has 0 fully saturated rings. The van der Waals surface area contributed by atoms with Crippen LogP contribution in [0.5, 0.6) is 5.75 Å². The van der Waals surface area contributed by atoms with E-state index in [1.807, 2.05) is 13.0 Å². The predicted octanol–water partition coefficient (Wildman–Crippen LogP) is 2.92. The number of rotatable bonds is 6. The number of halogens is 3. The second-order valence-electron chi connectivity index (χ2n) is 4.89. The van der Waals surface area contributed by atoms with Crippen LogP contribution in [-0.4, -0.2) is 43.4 Å². The van der Waals surface area contributed by atoms with Crippen molar-refractivity contribution >= 4 is 0 Å². The van der Waals surface area contributed by atoms with Crippen molar-refractivity contribution in [1.82, 2.24) is 4.90 Å². The zero-order chi connectivity index (χ0) is 15.3. The molecule has 0 aliphatic carbocycles. The second-order valence-corrected chi connectivity index (χ2v) is 4.89. The van der Waals surface area contributed by atoms with Gasteiger partial charge in [-0.2, -0.15) is 13.2 Å². The molecule has 0 heterocycles. The molecule has 0 aliphatic rings. The number of alkyl halides is 3. The van der Waals surface area contributed by atoms with Gasteiger partial charge in [-0.3, -0.25) is 0 Å². The Labute approximate surface area is 117 Å². The van der Waals surface area contributed by atoms with E-state index in [0.29, 0.717) is 11.3 Å². The van der Waals surface area contributed by atoms with E-state index in [1.165, 1.54) is 12.0 Å². The van der Waals surface area contributed by atoms with Gasteiger partial charge in [-0.25, -0.2) is 0 Å². The maximum absolute atomic E-state index is 12.1. The number of methoxy groups -OCH3 is 1.